The minimum Gasteiger partial charge on any atom is -0.375 e. The number of rotatable bonds is 1. The van der Waals surface area contributed by atoms with E-state index < -0.39 is 0 Å². The molecule has 5 atom stereocenters. The molecule has 0 aromatic heterocycles. The zero-order chi connectivity index (χ0) is 14.8. The lowest BCUT2D eigenvalue weighted by atomic mass is 9.78. The molecule has 0 spiro atoms. The van der Waals surface area contributed by atoms with Crippen LogP contribution in [0.3, 0.4) is 0 Å². The van der Waals surface area contributed by atoms with Gasteiger partial charge in [0.1, 0.15) is 5.82 Å². The van der Waals surface area contributed by atoms with Crippen molar-refractivity contribution in [3.63, 3.8) is 0 Å². The number of piperidine rings is 1. The Morgan fingerprint density at radius 2 is 1.91 bits per heavy atom. The molecule has 5 rings (SSSR count). The normalized spacial score (nSPS) is 34.4. The molecule has 22 heavy (non-hydrogen) atoms. The quantitative estimate of drug-likeness (QED) is 0.820. The number of benzene rings is 2. The first-order valence-corrected chi connectivity index (χ1v) is 8.16. The fourth-order valence-electron chi connectivity index (χ4n) is 4.37. The van der Waals surface area contributed by atoms with Gasteiger partial charge in [0.05, 0.1) is 11.7 Å². The Labute approximate surface area is 133 Å². The first-order valence-electron chi connectivity index (χ1n) is 7.79. The van der Waals surface area contributed by atoms with Crippen LogP contribution in [-0.2, 0) is 0 Å². The van der Waals surface area contributed by atoms with Crippen LogP contribution in [0.5, 0.6) is 0 Å². The molecule has 3 aliphatic rings. The zero-order valence-corrected chi connectivity index (χ0v) is 12.6. The Kier molecular flexibility index (Phi) is 2.62. The van der Waals surface area contributed by atoms with Crippen LogP contribution in [0.1, 0.15) is 29.6 Å². The molecule has 1 saturated heterocycles. The molecule has 0 radical (unpaired) electrons. The highest BCUT2D eigenvalue weighted by Crippen LogP contribution is 2.59. The lowest BCUT2D eigenvalue weighted by molar-refractivity contribution is 0.334. The number of hydrogen-bond donors (Lipinski definition) is 2. The van der Waals surface area contributed by atoms with Crippen molar-refractivity contribution in [2.24, 2.45) is 11.8 Å². The van der Waals surface area contributed by atoms with E-state index >= 15 is 0 Å². The van der Waals surface area contributed by atoms with Crippen LogP contribution in [-0.4, -0.2) is 6.04 Å². The summed E-state index contributed by atoms with van der Waals surface area (Å²) < 4.78 is 14.4. The van der Waals surface area contributed by atoms with Gasteiger partial charge in [-0.25, -0.2) is 4.39 Å². The van der Waals surface area contributed by atoms with Crippen molar-refractivity contribution in [1.82, 2.24) is 5.32 Å². The molecule has 2 aliphatic heterocycles. The summed E-state index contributed by atoms with van der Waals surface area (Å²) in [5, 5.41) is 7.61. The first-order chi connectivity index (χ1) is 10.7. The lowest BCUT2D eigenvalue weighted by Gasteiger charge is -2.39. The number of halogens is 2. The van der Waals surface area contributed by atoms with Crippen molar-refractivity contribution in [3.8, 4) is 0 Å². The summed E-state index contributed by atoms with van der Waals surface area (Å²) >= 11 is 6.08. The smallest absolute Gasteiger partial charge is 0.148 e. The van der Waals surface area contributed by atoms with Crippen molar-refractivity contribution in [2.45, 2.75) is 24.5 Å². The third-order valence-corrected chi connectivity index (χ3v) is 5.59. The van der Waals surface area contributed by atoms with Crippen LogP contribution in [0.15, 0.2) is 42.5 Å². The summed E-state index contributed by atoms with van der Waals surface area (Å²) in [7, 11) is 0. The number of nitrogens with one attached hydrogen (secondary N) is 2. The molecule has 4 heteroatoms. The lowest BCUT2D eigenvalue weighted by Crippen LogP contribution is -2.35. The Hall–Kier alpha value is -1.58. The largest absolute Gasteiger partial charge is 0.375 e. The van der Waals surface area contributed by atoms with Crippen LogP contribution in [0, 0.1) is 17.7 Å². The molecule has 2 aromatic rings. The summed E-state index contributed by atoms with van der Waals surface area (Å²) in [4.78, 5) is 0. The molecule has 2 heterocycles. The minimum absolute atomic E-state index is 0.152. The average Bonchev–Trinajstić information content (AvgIpc) is 3.19. The number of fused-ring (bicyclic) bond motifs is 5. The van der Waals surface area contributed by atoms with E-state index in [1.165, 1.54) is 18.1 Å². The number of hydrogen-bond acceptors (Lipinski definition) is 2. The predicted octanol–water partition coefficient (Wildman–Crippen LogP) is 4.29. The molecule has 2 aromatic carbocycles. The highest BCUT2D eigenvalue weighted by Gasteiger charge is 2.58. The second-order valence-electron chi connectivity index (χ2n) is 6.61. The van der Waals surface area contributed by atoms with Crippen molar-refractivity contribution in [3.05, 3.63) is 64.4 Å². The van der Waals surface area contributed by atoms with Gasteiger partial charge in [-0.2, -0.15) is 0 Å². The van der Waals surface area contributed by atoms with Gasteiger partial charge < -0.3 is 10.6 Å². The van der Waals surface area contributed by atoms with Crippen molar-refractivity contribution in [2.75, 3.05) is 5.32 Å². The summed E-state index contributed by atoms with van der Waals surface area (Å²) in [6, 6.07) is 14.6. The van der Waals surface area contributed by atoms with Gasteiger partial charge in [0, 0.05) is 23.0 Å². The monoisotopic (exact) mass is 314 g/mol. The Bertz CT molecular complexity index is 748. The third kappa shape index (κ3) is 1.76. The summed E-state index contributed by atoms with van der Waals surface area (Å²) in [5.41, 5.74) is 2.81. The SMILES string of the molecule is Fc1cc(Cl)cc2c1N[C@@H](c1ccccc1)C1C2NC2CC21. The van der Waals surface area contributed by atoms with Crippen LogP contribution in [0.4, 0.5) is 10.1 Å². The topological polar surface area (TPSA) is 24.1 Å². The summed E-state index contributed by atoms with van der Waals surface area (Å²) in [5.74, 6) is 0.875. The summed E-state index contributed by atoms with van der Waals surface area (Å²) in [6.45, 7) is 0. The van der Waals surface area contributed by atoms with Gasteiger partial charge in [0.2, 0.25) is 0 Å². The summed E-state index contributed by atoms with van der Waals surface area (Å²) in [6.07, 6.45) is 1.23. The van der Waals surface area contributed by atoms with E-state index in [9.17, 15) is 4.39 Å². The van der Waals surface area contributed by atoms with Gasteiger partial charge in [-0.3, -0.25) is 0 Å². The number of anilines is 1. The van der Waals surface area contributed by atoms with Crippen molar-refractivity contribution < 1.29 is 4.39 Å². The highest BCUT2D eigenvalue weighted by atomic mass is 35.5. The molecule has 112 valence electrons. The second kappa shape index (κ2) is 4.46. The van der Waals surface area contributed by atoms with E-state index in [0.29, 0.717) is 28.6 Å². The average molecular weight is 315 g/mol. The first kappa shape index (κ1) is 12.9. The Morgan fingerprint density at radius 3 is 2.73 bits per heavy atom. The Balaban J connectivity index is 1.66. The second-order valence-corrected chi connectivity index (χ2v) is 7.05. The maximum absolute atomic E-state index is 14.4. The third-order valence-electron chi connectivity index (χ3n) is 5.38. The van der Waals surface area contributed by atoms with Crippen LogP contribution < -0.4 is 10.6 Å². The molecular formula is C18H16ClFN2. The zero-order valence-electron chi connectivity index (χ0n) is 11.9. The van der Waals surface area contributed by atoms with Crippen LogP contribution in [0.2, 0.25) is 5.02 Å². The predicted molar refractivity (Wildman–Crippen MR) is 85.5 cm³/mol. The van der Waals surface area contributed by atoms with Gasteiger partial charge in [-0.05, 0) is 35.6 Å². The van der Waals surface area contributed by atoms with Crippen molar-refractivity contribution >= 4 is 17.3 Å². The molecule has 2 fully saturated rings. The minimum atomic E-state index is -0.260. The molecule has 2 N–H and O–H groups in total. The van der Waals surface area contributed by atoms with E-state index in [-0.39, 0.29) is 17.9 Å². The van der Waals surface area contributed by atoms with Gasteiger partial charge in [0.15, 0.2) is 0 Å². The molecule has 0 bridgehead atoms. The van der Waals surface area contributed by atoms with Gasteiger partial charge in [0.25, 0.3) is 0 Å². The van der Waals surface area contributed by atoms with E-state index in [1.54, 1.807) is 0 Å². The van der Waals surface area contributed by atoms with Crippen molar-refractivity contribution in [1.29, 1.82) is 0 Å². The molecule has 2 nitrogen and oxygen atoms in total. The molecule has 1 aliphatic carbocycles. The molecular weight excluding hydrogens is 299 g/mol. The van der Waals surface area contributed by atoms with Gasteiger partial charge >= 0.3 is 0 Å². The Morgan fingerprint density at radius 1 is 1.09 bits per heavy atom. The maximum atomic E-state index is 14.4. The van der Waals surface area contributed by atoms with E-state index in [2.05, 4.69) is 22.8 Å². The van der Waals surface area contributed by atoms with E-state index in [0.717, 1.165) is 5.56 Å². The van der Waals surface area contributed by atoms with Crippen LogP contribution in [0.25, 0.3) is 0 Å². The standard InChI is InChI=1S/C18H16ClFN2/c19-10-6-12-17(13(20)7-10)22-16(9-4-2-1-3-5-9)15-11-8-14(11)21-18(12)15/h1-7,11,14-16,18,21-22H,8H2/t11?,14?,15?,16-,18?/m0/s1. The molecule has 1 saturated carbocycles. The fraction of sp³-hybridized carbons (Fsp3) is 0.333. The van der Waals surface area contributed by atoms with Gasteiger partial charge in [-0.1, -0.05) is 41.9 Å². The highest BCUT2D eigenvalue weighted by molar-refractivity contribution is 6.30. The fourth-order valence-corrected chi connectivity index (χ4v) is 4.58. The van der Waals surface area contributed by atoms with Crippen LogP contribution >= 0.6 is 11.6 Å². The van der Waals surface area contributed by atoms with E-state index in [4.69, 9.17) is 11.6 Å². The van der Waals surface area contributed by atoms with E-state index in [1.807, 2.05) is 24.3 Å². The molecule has 0 amide bonds. The van der Waals surface area contributed by atoms with Gasteiger partial charge in [-0.15, -0.1) is 0 Å². The maximum Gasteiger partial charge on any atom is 0.148 e. The molecule has 4 unspecified atom stereocenters.